The highest BCUT2D eigenvalue weighted by atomic mass is 32.1. The lowest BCUT2D eigenvalue weighted by Crippen LogP contribution is -1.97. The fraction of sp³-hybridized carbons (Fsp3) is 0.118. The Morgan fingerprint density at radius 3 is 2.43 bits per heavy atom. The Kier molecular flexibility index (Phi) is 3.88. The first kappa shape index (κ1) is 13.6. The molecule has 2 aromatic carbocycles. The molecule has 0 bridgehead atoms. The summed E-state index contributed by atoms with van der Waals surface area (Å²) in [5, 5.41) is 3.34. The van der Waals surface area contributed by atoms with E-state index in [4.69, 9.17) is 17.0 Å². The normalized spacial score (nSPS) is 10.5. The lowest BCUT2D eigenvalue weighted by molar-refractivity contribution is 0.340. The van der Waals surface area contributed by atoms with Crippen LogP contribution in [0.4, 0.5) is 0 Å². The van der Waals surface area contributed by atoms with Gasteiger partial charge in [0.25, 0.3) is 0 Å². The monoisotopic (exact) mass is 296 g/mol. The molecular formula is C17H16N2OS. The lowest BCUT2D eigenvalue weighted by Gasteiger charge is -2.06. The molecule has 0 atom stereocenters. The Labute approximate surface area is 128 Å². The third-order valence-electron chi connectivity index (χ3n) is 3.21. The zero-order chi connectivity index (χ0) is 14.7. The van der Waals surface area contributed by atoms with Gasteiger partial charge in [0.05, 0.1) is 18.0 Å². The number of nitrogens with one attached hydrogen (secondary N) is 1. The topological polar surface area (TPSA) is 29.9 Å². The first-order valence-corrected chi connectivity index (χ1v) is 7.29. The van der Waals surface area contributed by atoms with Crippen molar-refractivity contribution in [1.29, 1.82) is 0 Å². The quantitative estimate of drug-likeness (QED) is 0.713. The van der Waals surface area contributed by atoms with E-state index in [2.05, 4.69) is 17.2 Å². The van der Waals surface area contributed by atoms with Crippen molar-refractivity contribution in [2.45, 2.75) is 6.92 Å². The first-order chi connectivity index (χ1) is 10.3. The Hall–Kier alpha value is -2.33. The molecule has 1 aromatic heterocycles. The van der Waals surface area contributed by atoms with Crippen LogP contribution in [0.5, 0.6) is 5.75 Å². The molecule has 21 heavy (non-hydrogen) atoms. The van der Waals surface area contributed by atoms with E-state index >= 15 is 0 Å². The fourth-order valence-electron chi connectivity index (χ4n) is 2.21. The molecule has 3 aromatic rings. The van der Waals surface area contributed by atoms with Crippen LogP contribution in [0.1, 0.15) is 6.92 Å². The largest absolute Gasteiger partial charge is 0.494 e. The number of ether oxygens (including phenoxy) is 1. The van der Waals surface area contributed by atoms with Crippen LogP contribution in [-0.2, 0) is 0 Å². The van der Waals surface area contributed by atoms with Crippen molar-refractivity contribution in [2.75, 3.05) is 6.61 Å². The van der Waals surface area contributed by atoms with E-state index in [9.17, 15) is 0 Å². The predicted octanol–water partition coefficient (Wildman–Crippen LogP) is 4.60. The van der Waals surface area contributed by atoms with E-state index < -0.39 is 0 Å². The molecule has 0 fully saturated rings. The summed E-state index contributed by atoms with van der Waals surface area (Å²) in [5.74, 6) is 0.864. The smallest absolute Gasteiger partial charge is 0.128 e. The van der Waals surface area contributed by atoms with Crippen LogP contribution in [0.15, 0.2) is 60.7 Å². The van der Waals surface area contributed by atoms with Crippen molar-refractivity contribution < 1.29 is 4.74 Å². The molecule has 3 rings (SSSR count). The maximum atomic E-state index is 5.46. The minimum Gasteiger partial charge on any atom is -0.494 e. The van der Waals surface area contributed by atoms with Crippen LogP contribution in [0.25, 0.3) is 16.9 Å². The van der Waals surface area contributed by atoms with Gasteiger partial charge in [-0.2, -0.15) is 0 Å². The van der Waals surface area contributed by atoms with Crippen LogP contribution in [-0.4, -0.2) is 16.4 Å². The van der Waals surface area contributed by atoms with Gasteiger partial charge in [0.15, 0.2) is 0 Å². The maximum Gasteiger partial charge on any atom is 0.128 e. The van der Waals surface area contributed by atoms with Gasteiger partial charge < -0.3 is 4.74 Å². The fourth-order valence-corrected chi connectivity index (χ4v) is 2.48. The number of hydrogen-bond donors (Lipinski definition) is 1. The highest BCUT2D eigenvalue weighted by molar-refractivity contribution is 7.71. The molecule has 106 valence electrons. The number of H-pyrrole nitrogens is 1. The summed E-state index contributed by atoms with van der Waals surface area (Å²) in [6.45, 7) is 2.64. The Balaban J connectivity index is 1.96. The van der Waals surface area contributed by atoms with Crippen LogP contribution in [0.3, 0.4) is 0 Å². The maximum absolute atomic E-state index is 5.46. The molecule has 1 heterocycles. The van der Waals surface area contributed by atoms with E-state index in [1.54, 1.807) is 0 Å². The van der Waals surface area contributed by atoms with Crippen LogP contribution >= 0.6 is 12.2 Å². The molecule has 0 radical (unpaired) electrons. The summed E-state index contributed by atoms with van der Waals surface area (Å²) in [6.07, 6.45) is 0. The Bertz CT molecular complexity index is 773. The predicted molar refractivity (Wildman–Crippen MR) is 87.6 cm³/mol. The van der Waals surface area contributed by atoms with Gasteiger partial charge in [0.1, 0.15) is 10.4 Å². The number of aromatic nitrogens is 2. The Morgan fingerprint density at radius 2 is 1.76 bits per heavy atom. The average Bonchev–Trinajstić information content (AvgIpc) is 2.91. The highest BCUT2D eigenvalue weighted by Gasteiger charge is 2.04. The lowest BCUT2D eigenvalue weighted by atomic mass is 10.2. The van der Waals surface area contributed by atoms with E-state index in [0.717, 1.165) is 27.3 Å². The molecule has 1 N–H and O–H groups in total. The number of benzene rings is 2. The van der Waals surface area contributed by atoms with Gasteiger partial charge in [0.2, 0.25) is 0 Å². The second kappa shape index (κ2) is 5.97. The zero-order valence-corrected chi connectivity index (χ0v) is 12.6. The second-order valence-corrected chi connectivity index (χ2v) is 5.05. The summed E-state index contributed by atoms with van der Waals surface area (Å²) in [7, 11) is 0. The average molecular weight is 296 g/mol. The van der Waals surface area contributed by atoms with E-state index in [-0.39, 0.29) is 0 Å². The molecule has 0 aliphatic carbocycles. The number of nitrogens with zero attached hydrogens (tertiary/aromatic N) is 1. The first-order valence-electron chi connectivity index (χ1n) is 6.88. The van der Waals surface area contributed by atoms with Crippen molar-refractivity contribution in [3.63, 3.8) is 0 Å². The van der Waals surface area contributed by atoms with Gasteiger partial charge in [-0.05, 0) is 36.8 Å². The number of hydrogen-bond acceptors (Lipinski definition) is 2. The Morgan fingerprint density at radius 1 is 1.05 bits per heavy atom. The molecule has 0 aliphatic rings. The molecular weight excluding hydrogens is 280 g/mol. The summed E-state index contributed by atoms with van der Waals surface area (Å²) in [4.78, 5) is 0. The molecule has 0 saturated heterocycles. The van der Waals surface area contributed by atoms with E-state index in [0.29, 0.717) is 6.61 Å². The molecule has 0 saturated carbocycles. The molecule has 3 nitrogen and oxygen atoms in total. The molecule has 0 aliphatic heterocycles. The molecule has 4 heteroatoms. The number of aromatic amines is 1. The van der Waals surface area contributed by atoms with Gasteiger partial charge in [-0.15, -0.1) is 0 Å². The van der Waals surface area contributed by atoms with Gasteiger partial charge in [0, 0.05) is 6.07 Å². The summed E-state index contributed by atoms with van der Waals surface area (Å²) >= 11 is 5.44. The minimum atomic E-state index is 0.666. The third-order valence-corrected chi connectivity index (χ3v) is 3.51. The highest BCUT2D eigenvalue weighted by Crippen LogP contribution is 2.20. The van der Waals surface area contributed by atoms with Crippen molar-refractivity contribution >= 4 is 12.2 Å². The minimum absolute atomic E-state index is 0.666. The molecule has 0 amide bonds. The van der Waals surface area contributed by atoms with Crippen molar-refractivity contribution in [3.8, 4) is 22.7 Å². The zero-order valence-electron chi connectivity index (χ0n) is 11.7. The van der Waals surface area contributed by atoms with Crippen molar-refractivity contribution in [2.24, 2.45) is 0 Å². The summed E-state index contributed by atoms with van der Waals surface area (Å²) in [5.41, 5.74) is 3.12. The van der Waals surface area contributed by atoms with Crippen LogP contribution < -0.4 is 4.74 Å². The van der Waals surface area contributed by atoms with Crippen LogP contribution in [0.2, 0.25) is 0 Å². The van der Waals surface area contributed by atoms with Crippen molar-refractivity contribution in [1.82, 2.24) is 9.78 Å². The second-order valence-electron chi connectivity index (χ2n) is 4.64. The van der Waals surface area contributed by atoms with Crippen molar-refractivity contribution in [3.05, 3.63) is 65.3 Å². The van der Waals surface area contributed by atoms with E-state index in [1.165, 1.54) is 0 Å². The van der Waals surface area contributed by atoms with Gasteiger partial charge >= 0.3 is 0 Å². The van der Waals surface area contributed by atoms with Gasteiger partial charge in [-0.3, -0.25) is 5.10 Å². The summed E-state index contributed by atoms with van der Waals surface area (Å²) < 4.78 is 8.10. The molecule has 0 spiro atoms. The molecule has 0 unspecified atom stereocenters. The van der Waals surface area contributed by atoms with E-state index in [1.807, 2.05) is 60.1 Å². The SMILES string of the molecule is CCOc1ccc(-n2[nH]c(-c3ccccc3)cc2=S)cc1. The van der Waals surface area contributed by atoms with Gasteiger partial charge in [-0.1, -0.05) is 42.5 Å². The summed E-state index contributed by atoms with van der Waals surface area (Å²) in [6, 6.07) is 20.0. The third kappa shape index (κ3) is 2.90. The number of rotatable bonds is 4. The van der Waals surface area contributed by atoms with Crippen LogP contribution in [0, 0.1) is 4.64 Å². The van der Waals surface area contributed by atoms with Gasteiger partial charge in [-0.25, -0.2) is 4.68 Å². The standard InChI is InChI=1S/C17H16N2OS/c1-2-20-15-10-8-14(9-11-15)19-17(21)12-16(18-19)13-6-4-3-5-7-13/h3-12,18H,2H2,1H3.